The predicted molar refractivity (Wildman–Crippen MR) is 79.3 cm³/mol. The van der Waals surface area contributed by atoms with E-state index in [1.165, 1.54) is 18.2 Å². The van der Waals surface area contributed by atoms with E-state index in [0.29, 0.717) is 24.9 Å². The molecule has 2 rings (SSSR count). The fourth-order valence-corrected chi connectivity index (χ4v) is 4.10. The van der Waals surface area contributed by atoms with Crippen molar-refractivity contribution in [3.8, 4) is 6.07 Å². The quantitative estimate of drug-likeness (QED) is 0.885. The molecule has 2 N–H and O–H groups in total. The van der Waals surface area contributed by atoms with Gasteiger partial charge < -0.3 is 5.11 Å². The summed E-state index contributed by atoms with van der Waals surface area (Å²) in [6.45, 7) is 0.339. The van der Waals surface area contributed by atoms with Gasteiger partial charge in [0.1, 0.15) is 4.90 Å². The first kappa shape index (κ1) is 16.2. The number of aliphatic hydroxyl groups is 1. The Morgan fingerprint density at radius 2 is 2.00 bits per heavy atom. The average molecular weight is 329 g/mol. The Labute approximate surface area is 129 Å². The van der Waals surface area contributed by atoms with Crippen molar-refractivity contribution < 1.29 is 13.5 Å². The van der Waals surface area contributed by atoms with Crippen molar-refractivity contribution >= 4 is 21.6 Å². The maximum atomic E-state index is 12.2. The van der Waals surface area contributed by atoms with Gasteiger partial charge in [-0.2, -0.15) is 5.26 Å². The molecule has 0 heterocycles. The zero-order valence-corrected chi connectivity index (χ0v) is 13.0. The largest absolute Gasteiger partial charge is 0.393 e. The number of benzene rings is 1. The number of rotatable bonds is 4. The Morgan fingerprint density at radius 1 is 1.33 bits per heavy atom. The predicted octanol–water partition coefficient (Wildman–Crippen LogP) is 2.04. The first-order valence-electron chi connectivity index (χ1n) is 6.80. The van der Waals surface area contributed by atoms with Crippen molar-refractivity contribution in [1.29, 1.82) is 5.26 Å². The van der Waals surface area contributed by atoms with Gasteiger partial charge in [-0.25, -0.2) is 13.1 Å². The lowest BCUT2D eigenvalue weighted by Gasteiger charge is -2.25. The van der Waals surface area contributed by atoms with Gasteiger partial charge in [0.15, 0.2) is 0 Å². The van der Waals surface area contributed by atoms with Crippen molar-refractivity contribution in [3.05, 3.63) is 28.8 Å². The van der Waals surface area contributed by atoms with Gasteiger partial charge in [0.05, 0.1) is 22.8 Å². The van der Waals surface area contributed by atoms with Crippen molar-refractivity contribution in [2.75, 3.05) is 6.54 Å². The molecule has 1 saturated carbocycles. The Morgan fingerprint density at radius 3 is 2.57 bits per heavy atom. The smallest absolute Gasteiger partial charge is 0.242 e. The summed E-state index contributed by atoms with van der Waals surface area (Å²) < 4.78 is 27.0. The van der Waals surface area contributed by atoms with E-state index in [0.717, 1.165) is 12.8 Å². The molecule has 0 aliphatic heterocycles. The lowest BCUT2D eigenvalue weighted by atomic mass is 9.88. The normalized spacial score (nSPS) is 22.7. The number of sulfonamides is 1. The summed E-state index contributed by atoms with van der Waals surface area (Å²) >= 11 is 5.93. The van der Waals surface area contributed by atoms with Crippen LogP contribution in [0.5, 0.6) is 0 Å². The minimum absolute atomic E-state index is 0.0148. The van der Waals surface area contributed by atoms with Gasteiger partial charge in [0.25, 0.3) is 0 Å². The van der Waals surface area contributed by atoms with Crippen LogP contribution in [0.15, 0.2) is 23.1 Å². The summed E-state index contributed by atoms with van der Waals surface area (Å²) in [4.78, 5) is -0.0148. The zero-order valence-electron chi connectivity index (χ0n) is 11.4. The van der Waals surface area contributed by atoms with E-state index in [4.69, 9.17) is 16.9 Å². The van der Waals surface area contributed by atoms with Crippen LogP contribution >= 0.6 is 11.6 Å². The molecular weight excluding hydrogens is 312 g/mol. The van der Waals surface area contributed by atoms with E-state index in [-0.39, 0.29) is 21.9 Å². The van der Waals surface area contributed by atoms with Crippen molar-refractivity contribution in [2.45, 2.75) is 36.7 Å². The third kappa shape index (κ3) is 4.17. The Hall–Kier alpha value is -1.13. The van der Waals surface area contributed by atoms with E-state index in [2.05, 4.69) is 4.72 Å². The third-order valence-electron chi connectivity index (χ3n) is 3.73. The van der Waals surface area contributed by atoms with Gasteiger partial charge in [-0.1, -0.05) is 11.6 Å². The van der Waals surface area contributed by atoms with Crippen LogP contribution in [0.4, 0.5) is 0 Å². The molecular formula is C14H17ClN2O3S. The summed E-state index contributed by atoms with van der Waals surface area (Å²) in [6, 6.07) is 6.02. The molecule has 0 spiro atoms. The van der Waals surface area contributed by atoms with Crippen LogP contribution in [0.1, 0.15) is 31.2 Å². The number of halogens is 1. The van der Waals surface area contributed by atoms with Crippen LogP contribution in [0, 0.1) is 17.2 Å². The molecule has 21 heavy (non-hydrogen) atoms. The highest BCUT2D eigenvalue weighted by Gasteiger charge is 2.23. The number of hydrogen-bond acceptors (Lipinski definition) is 4. The van der Waals surface area contributed by atoms with Crippen LogP contribution < -0.4 is 4.72 Å². The molecule has 7 heteroatoms. The maximum Gasteiger partial charge on any atom is 0.242 e. The average Bonchev–Trinajstić information content (AvgIpc) is 2.46. The molecule has 1 aromatic carbocycles. The van der Waals surface area contributed by atoms with E-state index in [9.17, 15) is 13.5 Å². The summed E-state index contributed by atoms with van der Waals surface area (Å²) in [5, 5.41) is 18.2. The fourth-order valence-electron chi connectivity index (χ4n) is 2.44. The summed E-state index contributed by atoms with van der Waals surface area (Å²) in [5.74, 6) is 0.236. The molecule has 1 aliphatic carbocycles. The second-order valence-electron chi connectivity index (χ2n) is 5.28. The van der Waals surface area contributed by atoms with Crippen LogP contribution in [-0.4, -0.2) is 26.2 Å². The number of nitrogens with one attached hydrogen (secondary N) is 1. The summed E-state index contributed by atoms with van der Waals surface area (Å²) in [6.07, 6.45) is 2.79. The van der Waals surface area contributed by atoms with Gasteiger partial charge in [0.2, 0.25) is 10.0 Å². The summed E-state index contributed by atoms with van der Waals surface area (Å²) in [5.41, 5.74) is 0.320. The Bertz CT molecular complexity index is 647. The number of nitrogens with zero attached hydrogens (tertiary/aromatic N) is 1. The zero-order chi connectivity index (χ0) is 15.5. The van der Waals surface area contributed by atoms with Crippen LogP contribution in [-0.2, 0) is 10.0 Å². The molecule has 0 unspecified atom stereocenters. The van der Waals surface area contributed by atoms with Gasteiger partial charge in [0, 0.05) is 6.54 Å². The van der Waals surface area contributed by atoms with E-state index in [1.54, 1.807) is 0 Å². The maximum absolute atomic E-state index is 12.2. The highest BCUT2D eigenvalue weighted by atomic mass is 35.5. The van der Waals surface area contributed by atoms with Crippen molar-refractivity contribution in [1.82, 2.24) is 4.72 Å². The fraction of sp³-hybridized carbons (Fsp3) is 0.500. The summed E-state index contributed by atoms with van der Waals surface area (Å²) in [7, 11) is -3.68. The van der Waals surface area contributed by atoms with E-state index < -0.39 is 10.0 Å². The highest BCUT2D eigenvalue weighted by molar-refractivity contribution is 7.89. The monoisotopic (exact) mass is 328 g/mol. The Kier molecular flexibility index (Phi) is 5.22. The van der Waals surface area contributed by atoms with E-state index in [1.807, 2.05) is 6.07 Å². The lowest BCUT2D eigenvalue weighted by Crippen LogP contribution is -2.32. The third-order valence-corrected chi connectivity index (χ3v) is 5.64. The second kappa shape index (κ2) is 6.75. The van der Waals surface area contributed by atoms with Crippen molar-refractivity contribution in [2.24, 2.45) is 5.92 Å². The molecule has 0 amide bonds. The molecule has 1 fully saturated rings. The van der Waals surface area contributed by atoms with Gasteiger partial charge in [-0.05, 0) is 49.8 Å². The second-order valence-corrected chi connectivity index (χ2v) is 7.43. The van der Waals surface area contributed by atoms with Gasteiger partial charge >= 0.3 is 0 Å². The molecule has 0 bridgehead atoms. The molecule has 1 aliphatic rings. The lowest BCUT2D eigenvalue weighted by molar-refractivity contribution is 0.109. The molecule has 0 radical (unpaired) electrons. The van der Waals surface area contributed by atoms with Crippen LogP contribution in [0.25, 0.3) is 0 Å². The topological polar surface area (TPSA) is 90.2 Å². The first-order valence-corrected chi connectivity index (χ1v) is 8.66. The van der Waals surface area contributed by atoms with Crippen molar-refractivity contribution in [3.63, 3.8) is 0 Å². The molecule has 0 atom stereocenters. The number of aliphatic hydroxyl groups excluding tert-OH is 1. The molecule has 5 nitrogen and oxygen atoms in total. The standard InChI is InChI=1S/C14H17ClN2O3S/c15-13-7-11(8-16)3-6-14(13)21(19,20)17-9-10-1-4-12(18)5-2-10/h3,6-7,10,12,17-18H,1-2,4-5,9H2. The number of nitriles is 1. The van der Waals surface area contributed by atoms with Crippen LogP contribution in [0.3, 0.4) is 0 Å². The first-order chi connectivity index (χ1) is 9.92. The molecule has 0 aromatic heterocycles. The van der Waals surface area contributed by atoms with Gasteiger partial charge in [-0.3, -0.25) is 0 Å². The number of hydrogen-bond donors (Lipinski definition) is 2. The molecule has 1 aromatic rings. The molecule has 114 valence electrons. The Balaban J connectivity index is 2.03. The van der Waals surface area contributed by atoms with E-state index >= 15 is 0 Å². The highest BCUT2D eigenvalue weighted by Crippen LogP contribution is 2.25. The van der Waals surface area contributed by atoms with Gasteiger partial charge in [-0.15, -0.1) is 0 Å². The SMILES string of the molecule is N#Cc1ccc(S(=O)(=O)NCC2CCC(O)CC2)c(Cl)c1. The minimum Gasteiger partial charge on any atom is -0.393 e. The van der Waals surface area contributed by atoms with Crippen LogP contribution in [0.2, 0.25) is 5.02 Å². The molecule has 0 saturated heterocycles. The minimum atomic E-state index is -3.68.